The van der Waals surface area contributed by atoms with Gasteiger partial charge in [0.15, 0.2) is 9.84 Å². The van der Waals surface area contributed by atoms with Crippen LogP contribution >= 0.6 is 11.3 Å². The molecule has 0 saturated carbocycles. The SMILES string of the molecule is COCCNC(=O)C(=O)NCC(c1cccs1)S(=O)(=O)c1ccc(F)cc1. The van der Waals surface area contributed by atoms with Gasteiger partial charge < -0.3 is 15.4 Å². The average Bonchev–Trinajstić information content (AvgIpc) is 3.16. The number of amides is 2. The third-order valence-electron chi connectivity index (χ3n) is 3.62. The zero-order valence-electron chi connectivity index (χ0n) is 14.5. The van der Waals surface area contributed by atoms with Crippen molar-refractivity contribution in [2.75, 3.05) is 26.8 Å². The summed E-state index contributed by atoms with van der Waals surface area (Å²) in [5.74, 6) is -2.37. The van der Waals surface area contributed by atoms with Gasteiger partial charge in [0.25, 0.3) is 0 Å². The Hall–Kier alpha value is -2.30. The van der Waals surface area contributed by atoms with Gasteiger partial charge >= 0.3 is 11.8 Å². The zero-order valence-corrected chi connectivity index (χ0v) is 16.1. The predicted octanol–water partition coefficient (Wildman–Crippen LogP) is 1.28. The first-order chi connectivity index (χ1) is 12.9. The highest BCUT2D eigenvalue weighted by Gasteiger charge is 2.31. The van der Waals surface area contributed by atoms with Crippen molar-refractivity contribution in [2.45, 2.75) is 10.1 Å². The summed E-state index contributed by atoms with van der Waals surface area (Å²) in [5.41, 5.74) is 0. The van der Waals surface area contributed by atoms with E-state index < -0.39 is 32.7 Å². The van der Waals surface area contributed by atoms with Crippen molar-refractivity contribution in [3.63, 3.8) is 0 Å². The minimum Gasteiger partial charge on any atom is -0.383 e. The fraction of sp³-hybridized carbons (Fsp3) is 0.294. The molecule has 0 fully saturated rings. The Balaban J connectivity index is 2.15. The van der Waals surface area contributed by atoms with Gasteiger partial charge in [-0.05, 0) is 35.7 Å². The van der Waals surface area contributed by atoms with Crippen molar-refractivity contribution in [3.8, 4) is 0 Å². The molecule has 0 aliphatic rings. The van der Waals surface area contributed by atoms with E-state index in [1.165, 1.54) is 30.6 Å². The van der Waals surface area contributed by atoms with E-state index in [4.69, 9.17) is 4.74 Å². The van der Waals surface area contributed by atoms with E-state index >= 15 is 0 Å². The number of carbonyl (C=O) groups excluding carboxylic acids is 2. The quantitative estimate of drug-likeness (QED) is 0.385. The monoisotopic (exact) mass is 414 g/mol. The van der Waals surface area contributed by atoms with Gasteiger partial charge in [0, 0.05) is 25.1 Å². The number of thiophene rings is 1. The minimum absolute atomic E-state index is 0.0684. The summed E-state index contributed by atoms with van der Waals surface area (Å²) in [5, 5.41) is 5.31. The number of halogens is 1. The van der Waals surface area contributed by atoms with Crippen molar-refractivity contribution in [1.29, 1.82) is 0 Å². The molecule has 27 heavy (non-hydrogen) atoms. The van der Waals surface area contributed by atoms with Crippen molar-refractivity contribution < 1.29 is 27.1 Å². The molecule has 0 aliphatic carbocycles. The highest BCUT2D eigenvalue weighted by Crippen LogP contribution is 2.31. The maximum atomic E-state index is 13.1. The molecule has 1 atom stereocenters. The molecule has 10 heteroatoms. The molecule has 0 bridgehead atoms. The molecule has 2 amide bonds. The summed E-state index contributed by atoms with van der Waals surface area (Å²) in [4.78, 5) is 24.1. The molecule has 1 heterocycles. The van der Waals surface area contributed by atoms with Crippen LogP contribution in [0.25, 0.3) is 0 Å². The van der Waals surface area contributed by atoms with Crippen molar-refractivity contribution in [3.05, 3.63) is 52.5 Å². The van der Waals surface area contributed by atoms with Crippen LogP contribution in [0.3, 0.4) is 0 Å². The van der Waals surface area contributed by atoms with Crippen molar-refractivity contribution >= 4 is 33.0 Å². The van der Waals surface area contributed by atoms with E-state index in [9.17, 15) is 22.4 Å². The Morgan fingerprint density at radius 3 is 2.41 bits per heavy atom. The molecule has 2 N–H and O–H groups in total. The number of hydrogen-bond acceptors (Lipinski definition) is 6. The van der Waals surface area contributed by atoms with Crippen LogP contribution in [0.5, 0.6) is 0 Å². The molecule has 1 unspecified atom stereocenters. The van der Waals surface area contributed by atoms with E-state index in [2.05, 4.69) is 10.6 Å². The second-order valence-corrected chi connectivity index (χ2v) is 8.57. The fourth-order valence-electron chi connectivity index (χ4n) is 2.24. The second kappa shape index (κ2) is 9.58. The number of hydrogen-bond donors (Lipinski definition) is 2. The van der Waals surface area contributed by atoms with Gasteiger partial charge in [-0.2, -0.15) is 0 Å². The maximum Gasteiger partial charge on any atom is 0.309 e. The van der Waals surface area contributed by atoms with Gasteiger partial charge in [-0.3, -0.25) is 9.59 Å². The first-order valence-corrected chi connectivity index (χ1v) is 10.4. The first kappa shape index (κ1) is 21.0. The maximum absolute atomic E-state index is 13.1. The van der Waals surface area contributed by atoms with Gasteiger partial charge in [0.05, 0.1) is 11.5 Å². The lowest BCUT2D eigenvalue weighted by Crippen LogP contribution is -2.43. The van der Waals surface area contributed by atoms with Crippen molar-refractivity contribution in [1.82, 2.24) is 10.6 Å². The second-order valence-electron chi connectivity index (χ2n) is 5.46. The van der Waals surface area contributed by atoms with Crippen LogP contribution in [0.2, 0.25) is 0 Å². The Labute approximate surface area is 160 Å². The fourth-order valence-corrected chi connectivity index (χ4v) is 5.02. The highest BCUT2D eigenvalue weighted by molar-refractivity contribution is 7.91. The van der Waals surface area contributed by atoms with Crippen LogP contribution in [0.4, 0.5) is 4.39 Å². The topological polar surface area (TPSA) is 102 Å². The number of methoxy groups -OCH3 is 1. The Kier molecular flexibility index (Phi) is 7.45. The average molecular weight is 414 g/mol. The lowest BCUT2D eigenvalue weighted by Gasteiger charge is -2.17. The van der Waals surface area contributed by atoms with Crippen LogP contribution in [0.1, 0.15) is 10.1 Å². The molecule has 146 valence electrons. The van der Waals surface area contributed by atoms with Crippen LogP contribution in [-0.4, -0.2) is 47.0 Å². The number of ether oxygens (including phenoxy) is 1. The third kappa shape index (κ3) is 5.59. The molecule has 7 nitrogen and oxygen atoms in total. The summed E-state index contributed by atoms with van der Waals surface area (Å²) < 4.78 is 43.8. The number of carbonyl (C=O) groups is 2. The molecule has 0 radical (unpaired) electrons. The van der Waals surface area contributed by atoms with E-state index in [-0.39, 0.29) is 24.6 Å². The largest absolute Gasteiger partial charge is 0.383 e. The zero-order chi connectivity index (χ0) is 19.9. The number of nitrogens with one attached hydrogen (secondary N) is 2. The predicted molar refractivity (Wildman–Crippen MR) is 98.5 cm³/mol. The summed E-state index contributed by atoms with van der Waals surface area (Å²) in [6, 6.07) is 7.77. The summed E-state index contributed by atoms with van der Waals surface area (Å²) in [6.45, 7) is 0.109. The lowest BCUT2D eigenvalue weighted by molar-refractivity contribution is -0.139. The molecule has 0 spiro atoms. The van der Waals surface area contributed by atoms with Gasteiger partial charge in [-0.25, -0.2) is 12.8 Å². The minimum atomic E-state index is -3.91. The Morgan fingerprint density at radius 2 is 1.81 bits per heavy atom. The van der Waals surface area contributed by atoms with Gasteiger partial charge in [-0.1, -0.05) is 6.07 Å². The first-order valence-electron chi connectivity index (χ1n) is 7.94. The molecule has 0 saturated heterocycles. The van der Waals surface area contributed by atoms with E-state index in [0.29, 0.717) is 4.88 Å². The summed E-state index contributed by atoms with van der Waals surface area (Å²) in [6.07, 6.45) is 0. The summed E-state index contributed by atoms with van der Waals surface area (Å²) >= 11 is 1.21. The normalized spacial score (nSPS) is 12.4. The highest BCUT2D eigenvalue weighted by atomic mass is 32.2. The molecule has 2 rings (SSSR count). The van der Waals surface area contributed by atoms with Gasteiger partial charge in [-0.15, -0.1) is 11.3 Å². The van der Waals surface area contributed by atoms with Crippen LogP contribution in [0.15, 0.2) is 46.7 Å². The Bertz CT molecular complexity index is 867. The smallest absolute Gasteiger partial charge is 0.309 e. The van der Waals surface area contributed by atoms with Gasteiger partial charge in [0.2, 0.25) is 0 Å². The summed E-state index contributed by atoms with van der Waals surface area (Å²) in [7, 11) is -2.45. The molecular formula is C17H19FN2O5S2. The number of sulfone groups is 1. The Morgan fingerprint density at radius 1 is 1.15 bits per heavy atom. The van der Waals surface area contributed by atoms with Crippen LogP contribution in [0, 0.1) is 5.82 Å². The van der Waals surface area contributed by atoms with Crippen LogP contribution in [-0.2, 0) is 24.2 Å². The van der Waals surface area contributed by atoms with Crippen molar-refractivity contribution in [2.24, 2.45) is 0 Å². The number of benzene rings is 1. The van der Waals surface area contributed by atoms with E-state index in [1.807, 2.05) is 0 Å². The van der Waals surface area contributed by atoms with E-state index in [1.54, 1.807) is 17.5 Å². The molecule has 1 aromatic carbocycles. The molecule has 1 aromatic heterocycles. The van der Waals surface area contributed by atoms with Crippen LogP contribution < -0.4 is 10.6 Å². The van der Waals surface area contributed by atoms with E-state index in [0.717, 1.165) is 12.1 Å². The molecular weight excluding hydrogens is 395 g/mol. The lowest BCUT2D eigenvalue weighted by atomic mass is 10.3. The number of rotatable bonds is 8. The molecule has 2 aromatic rings. The third-order valence-corrected chi connectivity index (χ3v) is 6.86. The van der Waals surface area contributed by atoms with Gasteiger partial charge in [0.1, 0.15) is 11.1 Å². The molecule has 0 aliphatic heterocycles. The standard InChI is InChI=1S/C17H19FN2O5S2/c1-25-9-8-19-16(21)17(22)20-11-15(14-3-2-10-26-14)27(23,24)13-6-4-12(18)5-7-13/h2-7,10,15H,8-9,11H2,1H3,(H,19,21)(H,20,22).